The van der Waals surface area contributed by atoms with Gasteiger partial charge in [-0.1, -0.05) is 68.2 Å². The molecule has 0 bridgehead atoms. The van der Waals surface area contributed by atoms with Gasteiger partial charge in [0.05, 0.1) is 10.0 Å². The van der Waals surface area contributed by atoms with Crippen molar-refractivity contribution in [1.82, 2.24) is 4.90 Å². The summed E-state index contributed by atoms with van der Waals surface area (Å²) in [6.45, 7) is 7.31. The fourth-order valence-electron chi connectivity index (χ4n) is 2.87. The third-order valence-corrected chi connectivity index (χ3v) is 6.38. The topological polar surface area (TPSA) is 32.3 Å². The van der Waals surface area contributed by atoms with Crippen LogP contribution in [0, 0.1) is 0 Å². The van der Waals surface area contributed by atoms with Crippen molar-refractivity contribution in [3.8, 4) is 0 Å². The van der Waals surface area contributed by atoms with Crippen LogP contribution in [0.25, 0.3) is 0 Å². The normalized spacial score (nSPS) is 17.4. The Kier molecular flexibility index (Phi) is 5.75. The first kappa shape index (κ1) is 19.4. The van der Waals surface area contributed by atoms with Gasteiger partial charge in [-0.05, 0) is 34.7 Å². The van der Waals surface area contributed by atoms with Crippen LogP contribution in [0.2, 0.25) is 10.0 Å². The van der Waals surface area contributed by atoms with E-state index in [0.717, 1.165) is 11.3 Å². The number of thioether (sulfide) groups is 1. The van der Waals surface area contributed by atoms with Crippen LogP contribution in [-0.4, -0.2) is 23.2 Å². The third kappa shape index (κ3) is 4.30. The van der Waals surface area contributed by atoms with Gasteiger partial charge >= 0.3 is 6.03 Å². The Balaban J connectivity index is 1.75. The number of amides is 2. The molecule has 1 unspecified atom stereocenters. The molecule has 1 aliphatic rings. The van der Waals surface area contributed by atoms with Gasteiger partial charge in [0, 0.05) is 18.0 Å². The van der Waals surface area contributed by atoms with Gasteiger partial charge in [0.1, 0.15) is 5.37 Å². The van der Waals surface area contributed by atoms with E-state index < -0.39 is 0 Å². The predicted octanol–water partition coefficient (Wildman–Crippen LogP) is 6.57. The maximum atomic E-state index is 12.7. The van der Waals surface area contributed by atoms with E-state index in [1.54, 1.807) is 30.0 Å². The summed E-state index contributed by atoms with van der Waals surface area (Å²) < 4.78 is 0. The minimum Gasteiger partial charge on any atom is -0.308 e. The zero-order valence-corrected chi connectivity index (χ0v) is 17.4. The Bertz CT molecular complexity index is 802. The van der Waals surface area contributed by atoms with Crippen LogP contribution >= 0.6 is 35.0 Å². The lowest BCUT2D eigenvalue weighted by atomic mass is 9.87. The minimum atomic E-state index is -0.127. The molecule has 0 aromatic heterocycles. The van der Waals surface area contributed by atoms with Gasteiger partial charge in [0.15, 0.2) is 0 Å². The number of urea groups is 1. The standard InChI is InChI=1S/C20H22Cl2N2OS/c1-20(2,3)14-6-4-13(5-7-14)18-24(10-11-26-18)19(25)23-15-8-9-16(21)17(22)12-15/h4-9,12,18H,10-11H2,1-3H3,(H,23,25). The molecule has 3 rings (SSSR count). The number of carbonyl (C=O) groups is 1. The van der Waals surface area contributed by atoms with Crippen LogP contribution in [0.15, 0.2) is 42.5 Å². The predicted molar refractivity (Wildman–Crippen MR) is 113 cm³/mol. The van der Waals surface area contributed by atoms with E-state index in [-0.39, 0.29) is 16.8 Å². The number of rotatable bonds is 2. The monoisotopic (exact) mass is 408 g/mol. The molecule has 2 amide bonds. The molecule has 0 radical (unpaired) electrons. The van der Waals surface area contributed by atoms with Gasteiger partial charge in [-0.25, -0.2) is 4.79 Å². The van der Waals surface area contributed by atoms with Crippen molar-refractivity contribution in [3.05, 3.63) is 63.6 Å². The highest BCUT2D eigenvalue weighted by atomic mass is 35.5. The van der Waals surface area contributed by atoms with Crippen LogP contribution in [-0.2, 0) is 5.41 Å². The number of nitrogens with zero attached hydrogens (tertiary/aromatic N) is 1. The zero-order valence-electron chi connectivity index (χ0n) is 15.1. The highest BCUT2D eigenvalue weighted by Gasteiger charge is 2.31. The molecule has 26 heavy (non-hydrogen) atoms. The largest absolute Gasteiger partial charge is 0.323 e. The molecule has 0 saturated carbocycles. The molecule has 1 heterocycles. The molecule has 0 aliphatic carbocycles. The maximum absolute atomic E-state index is 12.7. The fourth-order valence-corrected chi connectivity index (χ4v) is 4.43. The lowest BCUT2D eigenvalue weighted by Crippen LogP contribution is -2.34. The van der Waals surface area contributed by atoms with Gasteiger partial charge in [0.2, 0.25) is 0 Å². The SMILES string of the molecule is CC(C)(C)c1ccc(C2SCCN2C(=O)Nc2ccc(Cl)c(Cl)c2)cc1. The molecular formula is C20H22Cl2N2OS. The first-order valence-electron chi connectivity index (χ1n) is 8.50. The minimum absolute atomic E-state index is 0.0202. The Morgan fingerprint density at radius 1 is 1.12 bits per heavy atom. The molecule has 138 valence electrons. The summed E-state index contributed by atoms with van der Waals surface area (Å²) in [5, 5.41) is 3.83. The van der Waals surface area contributed by atoms with E-state index in [1.807, 2.05) is 4.90 Å². The molecule has 3 nitrogen and oxygen atoms in total. The zero-order chi connectivity index (χ0) is 18.9. The van der Waals surface area contributed by atoms with Crippen LogP contribution in [0.4, 0.5) is 10.5 Å². The summed E-state index contributed by atoms with van der Waals surface area (Å²) in [5.74, 6) is 0.917. The molecule has 2 aromatic carbocycles. The van der Waals surface area contributed by atoms with Crippen molar-refractivity contribution in [1.29, 1.82) is 0 Å². The lowest BCUT2D eigenvalue weighted by Gasteiger charge is -2.25. The summed E-state index contributed by atoms with van der Waals surface area (Å²) >= 11 is 13.7. The molecule has 6 heteroatoms. The molecule has 2 aromatic rings. The number of halogens is 2. The van der Waals surface area contributed by atoms with Crippen molar-refractivity contribution in [3.63, 3.8) is 0 Å². The van der Waals surface area contributed by atoms with Crippen molar-refractivity contribution in [2.75, 3.05) is 17.6 Å². The van der Waals surface area contributed by atoms with Crippen LogP contribution in [0.1, 0.15) is 37.3 Å². The quantitative estimate of drug-likeness (QED) is 0.608. The van der Waals surface area contributed by atoms with Gasteiger partial charge in [-0.15, -0.1) is 11.8 Å². The Labute approximate surface area is 169 Å². The summed E-state index contributed by atoms with van der Waals surface area (Å²) in [5.41, 5.74) is 3.19. The van der Waals surface area contributed by atoms with Crippen molar-refractivity contribution in [2.45, 2.75) is 31.6 Å². The average Bonchev–Trinajstić information content (AvgIpc) is 3.07. The van der Waals surface area contributed by atoms with Crippen molar-refractivity contribution < 1.29 is 4.79 Å². The number of hydrogen-bond donors (Lipinski definition) is 1. The van der Waals surface area contributed by atoms with E-state index >= 15 is 0 Å². The van der Waals surface area contributed by atoms with Crippen molar-refractivity contribution in [2.24, 2.45) is 0 Å². The summed E-state index contributed by atoms with van der Waals surface area (Å²) in [6, 6.07) is 13.5. The van der Waals surface area contributed by atoms with Crippen LogP contribution < -0.4 is 5.32 Å². The molecular weight excluding hydrogens is 387 g/mol. The summed E-state index contributed by atoms with van der Waals surface area (Å²) in [7, 11) is 0. The first-order chi connectivity index (χ1) is 12.3. The Morgan fingerprint density at radius 3 is 2.42 bits per heavy atom. The van der Waals surface area contributed by atoms with Gasteiger partial charge in [0.25, 0.3) is 0 Å². The van der Waals surface area contributed by atoms with Gasteiger partial charge in [-0.3, -0.25) is 0 Å². The van der Waals surface area contributed by atoms with E-state index in [0.29, 0.717) is 22.3 Å². The maximum Gasteiger partial charge on any atom is 0.323 e. The molecule has 0 spiro atoms. The van der Waals surface area contributed by atoms with E-state index in [9.17, 15) is 4.79 Å². The second kappa shape index (κ2) is 7.71. The highest BCUT2D eigenvalue weighted by molar-refractivity contribution is 7.99. The van der Waals surface area contributed by atoms with E-state index in [4.69, 9.17) is 23.2 Å². The number of hydrogen-bond acceptors (Lipinski definition) is 2. The second-order valence-electron chi connectivity index (χ2n) is 7.35. The lowest BCUT2D eigenvalue weighted by molar-refractivity contribution is 0.214. The molecule has 1 saturated heterocycles. The molecule has 1 N–H and O–H groups in total. The number of carbonyl (C=O) groups excluding carboxylic acids is 1. The Hall–Kier alpha value is -1.36. The number of nitrogens with one attached hydrogen (secondary N) is 1. The average molecular weight is 409 g/mol. The van der Waals surface area contributed by atoms with Crippen LogP contribution in [0.5, 0.6) is 0 Å². The van der Waals surface area contributed by atoms with E-state index in [1.165, 1.54) is 5.56 Å². The Morgan fingerprint density at radius 2 is 1.81 bits per heavy atom. The number of anilines is 1. The molecule has 1 fully saturated rings. The summed E-state index contributed by atoms with van der Waals surface area (Å²) in [6.07, 6.45) is 0. The number of benzene rings is 2. The van der Waals surface area contributed by atoms with Crippen LogP contribution in [0.3, 0.4) is 0 Å². The van der Waals surface area contributed by atoms with E-state index in [2.05, 4.69) is 50.4 Å². The second-order valence-corrected chi connectivity index (χ2v) is 9.35. The van der Waals surface area contributed by atoms with Crippen molar-refractivity contribution >= 4 is 46.7 Å². The van der Waals surface area contributed by atoms with Gasteiger partial charge in [-0.2, -0.15) is 0 Å². The summed E-state index contributed by atoms with van der Waals surface area (Å²) in [4.78, 5) is 14.6. The van der Waals surface area contributed by atoms with Gasteiger partial charge < -0.3 is 10.2 Å². The molecule has 1 atom stereocenters. The fraction of sp³-hybridized carbons (Fsp3) is 0.350. The highest BCUT2D eigenvalue weighted by Crippen LogP contribution is 2.39. The smallest absolute Gasteiger partial charge is 0.308 e. The first-order valence-corrected chi connectivity index (χ1v) is 10.3. The molecule has 1 aliphatic heterocycles. The third-order valence-electron chi connectivity index (χ3n) is 4.38.